The highest BCUT2D eigenvalue weighted by Crippen LogP contribution is 2.13. The highest BCUT2D eigenvalue weighted by atomic mass is 16.6. The van der Waals surface area contributed by atoms with Crippen molar-refractivity contribution in [2.45, 2.75) is 187 Å². The van der Waals surface area contributed by atoms with Crippen LogP contribution in [0.4, 0.5) is 0 Å². The Hall–Kier alpha value is -1.71. The van der Waals surface area contributed by atoms with Crippen LogP contribution in [0.25, 0.3) is 0 Å². The highest BCUT2D eigenvalue weighted by Gasteiger charge is 2.17. The van der Waals surface area contributed by atoms with Crippen LogP contribution in [0.3, 0.4) is 0 Å². The first-order valence-corrected chi connectivity index (χ1v) is 20.3. The van der Waals surface area contributed by atoms with Gasteiger partial charge in [0, 0.05) is 12.8 Å². The van der Waals surface area contributed by atoms with E-state index in [-0.39, 0.29) is 50.8 Å². The molecule has 49 heavy (non-hydrogen) atoms. The minimum atomic E-state index is -1.03. The predicted octanol–water partition coefficient (Wildman–Crippen LogP) is 8.98. The lowest BCUT2D eigenvalue weighted by molar-refractivity contribution is -0.156. The van der Waals surface area contributed by atoms with Gasteiger partial charge in [-0.2, -0.15) is 0 Å². The summed E-state index contributed by atoms with van der Waals surface area (Å²) in [4.78, 5) is 41.1. The lowest BCUT2D eigenvalue weighted by atomic mass is 10.1. The second kappa shape index (κ2) is 36.1. The Labute approximate surface area is 301 Å². The molecule has 0 saturated carbocycles. The van der Waals surface area contributed by atoms with Crippen LogP contribution < -0.4 is 0 Å². The van der Waals surface area contributed by atoms with E-state index in [0.29, 0.717) is 19.3 Å². The predicted molar refractivity (Wildman–Crippen MR) is 200 cm³/mol. The number of amides is 1. The van der Waals surface area contributed by atoms with Crippen molar-refractivity contribution in [1.29, 1.82) is 0 Å². The summed E-state index contributed by atoms with van der Waals surface area (Å²) in [5.41, 5.74) is 0. The van der Waals surface area contributed by atoms with Crippen LogP contribution >= 0.6 is 0 Å². The van der Waals surface area contributed by atoms with Gasteiger partial charge in [-0.3, -0.25) is 14.4 Å². The molecule has 0 rings (SSSR count). The van der Waals surface area contributed by atoms with Gasteiger partial charge >= 0.3 is 11.9 Å². The van der Waals surface area contributed by atoms with Crippen molar-refractivity contribution >= 4 is 17.8 Å². The first kappa shape index (κ1) is 47.3. The van der Waals surface area contributed by atoms with Crippen molar-refractivity contribution < 1.29 is 33.7 Å². The number of esters is 2. The van der Waals surface area contributed by atoms with Gasteiger partial charge < -0.3 is 29.1 Å². The zero-order valence-corrected chi connectivity index (χ0v) is 32.5. The number of hydrogen-bond donors (Lipinski definition) is 1. The molecule has 9 nitrogen and oxygen atoms in total. The molecule has 0 aliphatic heterocycles. The largest absolute Gasteiger partial charge is 0.464 e. The maximum absolute atomic E-state index is 13.0. The van der Waals surface area contributed by atoms with E-state index in [4.69, 9.17) is 14.2 Å². The number of ether oxygens (including phenoxy) is 3. The minimum absolute atomic E-state index is 0.0701. The molecule has 0 aliphatic carbocycles. The molecule has 0 aromatic heterocycles. The summed E-state index contributed by atoms with van der Waals surface area (Å²) < 4.78 is 16.3. The van der Waals surface area contributed by atoms with E-state index in [0.717, 1.165) is 51.5 Å². The number of carbonyl (C=O) groups excluding carboxylic acids is 3. The summed E-state index contributed by atoms with van der Waals surface area (Å²) in [6, 6.07) is 0. The Morgan fingerprint density at radius 3 is 1.27 bits per heavy atom. The molecule has 1 N–H and O–H groups in total. The summed E-state index contributed by atoms with van der Waals surface area (Å²) in [6.45, 7) is 5.51. The monoisotopic (exact) mass is 699 g/mol. The number of aliphatic hydroxyl groups is 1. The summed E-state index contributed by atoms with van der Waals surface area (Å²) in [5, 5.41) is 10.1. The topological polar surface area (TPSA) is 106 Å². The Morgan fingerprint density at radius 2 is 0.898 bits per heavy atom. The Kier molecular flexibility index (Phi) is 34.8. The molecular weight excluding hydrogens is 620 g/mol. The molecule has 0 aromatic rings. The number of unbranched alkanes of at least 4 members (excludes halogenated alkanes) is 20. The van der Waals surface area contributed by atoms with Crippen molar-refractivity contribution in [3.8, 4) is 0 Å². The van der Waals surface area contributed by atoms with Crippen LogP contribution in [0, 0.1) is 0 Å². The molecule has 0 heterocycles. The first-order valence-electron chi connectivity index (χ1n) is 20.3. The second-order valence-electron chi connectivity index (χ2n) is 14.1. The van der Waals surface area contributed by atoms with E-state index >= 15 is 0 Å². The van der Waals surface area contributed by atoms with Gasteiger partial charge in [-0.25, -0.2) is 0 Å². The molecule has 1 unspecified atom stereocenters. The van der Waals surface area contributed by atoms with E-state index in [1.165, 1.54) is 108 Å². The molecule has 0 spiro atoms. The molecule has 290 valence electrons. The van der Waals surface area contributed by atoms with Crippen molar-refractivity contribution in [3.63, 3.8) is 0 Å². The quantitative estimate of drug-likeness (QED) is 0.0390. The minimum Gasteiger partial charge on any atom is -0.464 e. The maximum atomic E-state index is 13.0. The molecule has 0 bridgehead atoms. The molecule has 0 aromatic carbocycles. The highest BCUT2D eigenvalue weighted by molar-refractivity contribution is 5.77. The van der Waals surface area contributed by atoms with Crippen molar-refractivity contribution in [2.24, 2.45) is 0 Å². The van der Waals surface area contributed by atoms with Crippen molar-refractivity contribution in [3.05, 3.63) is 0 Å². The maximum Gasteiger partial charge on any atom is 0.305 e. The number of hydrogen-bond acceptors (Lipinski definition) is 8. The molecule has 0 saturated heterocycles. The molecule has 9 heteroatoms. The van der Waals surface area contributed by atoms with Crippen LogP contribution in [-0.2, 0) is 28.6 Å². The van der Waals surface area contributed by atoms with Gasteiger partial charge in [0.15, 0.2) is 6.29 Å². The standard InChI is InChI=1S/C40H78N2O7/c1-5-7-9-11-13-15-17-19-21-23-25-28-38(44)47-34-32-42(37(43)36-49-40(46)30-27-31-41(3)4)33-35-48-39(45)29-26-24-22-20-18-16-14-12-10-8-6-2/h40,46H,5-36H2,1-4H3. The van der Waals surface area contributed by atoms with Gasteiger partial charge in [0.25, 0.3) is 0 Å². The Balaban J connectivity index is 4.34. The van der Waals surface area contributed by atoms with E-state index in [2.05, 4.69) is 13.8 Å². The molecule has 0 fully saturated rings. The molecule has 1 atom stereocenters. The van der Waals surface area contributed by atoms with Gasteiger partial charge in [0.05, 0.1) is 13.1 Å². The summed E-state index contributed by atoms with van der Waals surface area (Å²) in [7, 11) is 3.93. The number of carbonyl (C=O) groups is 3. The van der Waals surface area contributed by atoms with E-state index in [1.54, 1.807) is 0 Å². The Bertz CT molecular complexity index is 721. The fourth-order valence-corrected chi connectivity index (χ4v) is 5.84. The fraction of sp³-hybridized carbons (Fsp3) is 0.925. The fourth-order valence-electron chi connectivity index (χ4n) is 5.84. The van der Waals surface area contributed by atoms with Gasteiger partial charge in [0.2, 0.25) is 5.91 Å². The van der Waals surface area contributed by atoms with E-state index in [9.17, 15) is 19.5 Å². The lowest BCUT2D eigenvalue weighted by Gasteiger charge is -2.23. The smallest absolute Gasteiger partial charge is 0.305 e. The summed E-state index contributed by atoms with van der Waals surface area (Å²) in [6.07, 6.45) is 27.8. The van der Waals surface area contributed by atoms with E-state index in [1.807, 2.05) is 19.0 Å². The second-order valence-corrected chi connectivity index (χ2v) is 14.1. The van der Waals surface area contributed by atoms with Crippen LogP contribution in [0.15, 0.2) is 0 Å². The SMILES string of the molecule is CCCCCCCCCCCCCC(=O)OCCN(CCOC(=O)CCCCCCCCCCCCC)C(=O)COC(O)CCCN(C)C. The Morgan fingerprint density at radius 1 is 0.531 bits per heavy atom. The molecule has 0 aliphatic rings. The average Bonchev–Trinajstić information content (AvgIpc) is 3.07. The third-order valence-corrected chi connectivity index (χ3v) is 9.03. The van der Waals surface area contributed by atoms with Crippen LogP contribution in [-0.4, -0.2) is 92.6 Å². The van der Waals surface area contributed by atoms with Crippen molar-refractivity contribution in [2.75, 3.05) is 53.6 Å². The van der Waals surface area contributed by atoms with Crippen LogP contribution in [0.2, 0.25) is 0 Å². The summed E-state index contributed by atoms with van der Waals surface area (Å²) in [5.74, 6) is -0.849. The third-order valence-electron chi connectivity index (χ3n) is 9.03. The van der Waals surface area contributed by atoms with Gasteiger partial charge in [-0.1, -0.05) is 142 Å². The molecular formula is C40H78N2O7. The third kappa shape index (κ3) is 34.5. The van der Waals surface area contributed by atoms with Gasteiger partial charge in [-0.05, 0) is 46.3 Å². The summed E-state index contributed by atoms with van der Waals surface area (Å²) >= 11 is 0. The van der Waals surface area contributed by atoms with Gasteiger partial charge in [0.1, 0.15) is 19.8 Å². The molecule has 0 radical (unpaired) electrons. The number of nitrogens with zero attached hydrogens (tertiary/aromatic N) is 2. The normalized spacial score (nSPS) is 12.0. The lowest BCUT2D eigenvalue weighted by Crippen LogP contribution is -2.40. The number of rotatable bonds is 37. The average molecular weight is 699 g/mol. The number of aliphatic hydroxyl groups excluding tert-OH is 1. The van der Waals surface area contributed by atoms with Gasteiger partial charge in [-0.15, -0.1) is 0 Å². The zero-order valence-electron chi connectivity index (χ0n) is 32.5. The zero-order chi connectivity index (χ0) is 36.2. The van der Waals surface area contributed by atoms with E-state index < -0.39 is 6.29 Å². The van der Waals surface area contributed by atoms with Crippen LogP contribution in [0.1, 0.15) is 181 Å². The first-order chi connectivity index (χ1) is 23.8. The van der Waals surface area contributed by atoms with Crippen LogP contribution in [0.5, 0.6) is 0 Å². The molecule has 1 amide bonds. The van der Waals surface area contributed by atoms with Crippen molar-refractivity contribution in [1.82, 2.24) is 9.80 Å².